The molecule has 0 saturated carbocycles. The number of nitrogens with one attached hydrogen (secondary N) is 1. The molecule has 0 fully saturated rings. The van der Waals surface area contributed by atoms with Crippen LogP contribution in [-0.4, -0.2) is 37.5 Å². The summed E-state index contributed by atoms with van der Waals surface area (Å²) in [6, 6.07) is 15.8. The summed E-state index contributed by atoms with van der Waals surface area (Å²) in [5.41, 5.74) is 9.66. The first-order valence-electron chi connectivity index (χ1n) is 9.73. The van der Waals surface area contributed by atoms with Crippen LogP contribution < -0.4 is 15.8 Å². The fourth-order valence-electron chi connectivity index (χ4n) is 3.71. The van der Waals surface area contributed by atoms with Gasteiger partial charge >= 0.3 is 0 Å². The molecule has 0 aliphatic heterocycles. The summed E-state index contributed by atoms with van der Waals surface area (Å²) >= 11 is 0. The number of nitrogens with two attached hydrogens (primary N) is 1. The molecule has 0 bridgehead atoms. The second-order valence-electron chi connectivity index (χ2n) is 7.22. The van der Waals surface area contributed by atoms with Crippen LogP contribution in [0.15, 0.2) is 61.2 Å². The van der Waals surface area contributed by atoms with Gasteiger partial charge < -0.3 is 25.6 Å². The molecule has 0 aromatic heterocycles. The molecule has 0 amide bonds. The van der Waals surface area contributed by atoms with Crippen molar-refractivity contribution < 1.29 is 14.6 Å². The summed E-state index contributed by atoms with van der Waals surface area (Å²) in [5.74, 6) is 0.816. The molecule has 0 unspecified atom stereocenters. The predicted octanol–water partition coefficient (Wildman–Crippen LogP) is 2.90. The Hall–Kier alpha value is -2.18. The van der Waals surface area contributed by atoms with Gasteiger partial charge in [-0.05, 0) is 41.7 Å². The summed E-state index contributed by atoms with van der Waals surface area (Å²) in [6.45, 7) is 4.66. The third-order valence-electron chi connectivity index (χ3n) is 5.26. The molecular weight excluding hydrogens is 352 g/mol. The van der Waals surface area contributed by atoms with E-state index in [4.69, 9.17) is 15.2 Å². The summed E-state index contributed by atoms with van der Waals surface area (Å²) in [7, 11) is 1.66. The first-order chi connectivity index (χ1) is 13.6. The van der Waals surface area contributed by atoms with E-state index in [0.717, 1.165) is 28.9 Å². The van der Waals surface area contributed by atoms with Gasteiger partial charge in [0.05, 0.1) is 25.9 Å². The average Bonchev–Trinajstić information content (AvgIpc) is 3.07. The molecule has 2 aromatic carbocycles. The van der Waals surface area contributed by atoms with Crippen molar-refractivity contribution in [2.24, 2.45) is 5.73 Å². The lowest BCUT2D eigenvalue weighted by molar-refractivity contribution is 0.0678. The number of aliphatic hydroxyl groups is 1. The predicted molar refractivity (Wildman–Crippen MR) is 111 cm³/mol. The molecule has 150 valence electrons. The van der Waals surface area contributed by atoms with Crippen molar-refractivity contribution in [2.75, 3.05) is 20.3 Å². The lowest BCUT2D eigenvalue weighted by Gasteiger charge is -2.22. The standard InChI is InChI=1S/C23H30N2O3/c1-3-11-28-23-14-21(19-13-17(27-2)9-10-18(19)23)25-15-22(26)20(24)12-16-7-5-4-6-8-16/h3-10,13,20-23,25-26H,1,11-12,14-15,24H2,2H3/t20-,21+,22+,23-/m0/s1. The van der Waals surface area contributed by atoms with E-state index in [1.807, 2.05) is 42.5 Å². The zero-order valence-electron chi connectivity index (χ0n) is 16.4. The van der Waals surface area contributed by atoms with Gasteiger partial charge in [-0.3, -0.25) is 0 Å². The number of ether oxygens (including phenoxy) is 2. The first-order valence-corrected chi connectivity index (χ1v) is 9.73. The maximum Gasteiger partial charge on any atom is 0.119 e. The van der Waals surface area contributed by atoms with Crippen LogP contribution in [0.4, 0.5) is 0 Å². The van der Waals surface area contributed by atoms with E-state index in [2.05, 4.69) is 18.0 Å². The van der Waals surface area contributed by atoms with Crippen molar-refractivity contribution in [3.05, 3.63) is 77.9 Å². The van der Waals surface area contributed by atoms with Gasteiger partial charge in [0.1, 0.15) is 5.75 Å². The second kappa shape index (κ2) is 9.85. The fraction of sp³-hybridized carbons (Fsp3) is 0.391. The largest absolute Gasteiger partial charge is 0.497 e. The van der Waals surface area contributed by atoms with Crippen molar-refractivity contribution in [1.29, 1.82) is 0 Å². The molecule has 2 aromatic rings. The average molecular weight is 383 g/mol. The maximum absolute atomic E-state index is 10.5. The molecule has 0 saturated heterocycles. The lowest BCUT2D eigenvalue weighted by Crippen LogP contribution is -2.43. The van der Waals surface area contributed by atoms with Gasteiger partial charge in [0.15, 0.2) is 0 Å². The van der Waals surface area contributed by atoms with E-state index in [1.165, 1.54) is 0 Å². The zero-order valence-corrected chi connectivity index (χ0v) is 16.4. The smallest absolute Gasteiger partial charge is 0.119 e. The number of aliphatic hydroxyl groups excluding tert-OH is 1. The number of rotatable bonds is 10. The second-order valence-corrected chi connectivity index (χ2v) is 7.22. The van der Waals surface area contributed by atoms with E-state index in [9.17, 15) is 5.11 Å². The van der Waals surface area contributed by atoms with Gasteiger partial charge in [0.25, 0.3) is 0 Å². The molecule has 4 atom stereocenters. The molecule has 28 heavy (non-hydrogen) atoms. The van der Waals surface area contributed by atoms with Gasteiger partial charge in [0.2, 0.25) is 0 Å². The van der Waals surface area contributed by atoms with Crippen molar-refractivity contribution in [1.82, 2.24) is 5.32 Å². The molecule has 5 heteroatoms. The van der Waals surface area contributed by atoms with Crippen LogP contribution in [0.2, 0.25) is 0 Å². The number of hydrogen-bond acceptors (Lipinski definition) is 5. The summed E-state index contributed by atoms with van der Waals surface area (Å²) in [5, 5.41) is 14.0. The Morgan fingerprint density at radius 2 is 2.04 bits per heavy atom. The third kappa shape index (κ3) is 5.00. The van der Waals surface area contributed by atoms with Gasteiger partial charge in [-0.2, -0.15) is 0 Å². The van der Waals surface area contributed by atoms with Crippen LogP contribution in [0.1, 0.15) is 35.3 Å². The van der Waals surface area contributed by atoms with E-state index in [0.29, 0.717) is 19.6 Å². The minimum atomic E-state index is -0.637. The Balaban J connectivity index is 1.62. The van der Waals surface area contributed by atoms with Crippen molar-refractivity contribution in [2.45, 2.75) is 37.1 Å². The Kier molecular flexibility index (Phi) is 7.23. The first kappa shape index (κ1) is 20.6. The van der Waals surface area contributed by atoms with Crippen molar-refractivity contribution in [3.8, 4) is 5.75 Å². The fourth-order valence-corrected chi connectivity index (χ4v) is 3.71. The van der Waals surface area contributed by atoms with E-state index >= 15 is 0 Å². The highest BCUT2D eigenvalue weighted by Crippen LogP contribution is 2.42. The highest BCUT2D eigenvalue weighted by molar-refractivity contribution is 5.42. The third-order valence-corrected chi connectivity index (χ3v) is 5.26. The number of fused-ring (bicyclic) bond motifs is 1. The molecule has 4 N–H and O–H groups in total. The highest BCUT2D eigenvalue weighted by Gasteiger charge is 2.32. The summed E-state index contributed by atoms with van der Waals surface area (Å²) in [6.07, 6.45) is 2.57. The highest BCUT2D eigenvalue weighted by atomic mass is 16.5. The molecule has 3 rings (SSSR count). The topological polar surface area (TPSA) is 76.7 Å². The lowest BCUT2D eigenvalue weighted by atomic mass is 10.0. The monoisotopic (exact) mass is 382 g/mol. The van der Waals surface area contributed by atoms with E-state index < -0.39 is 6.10 Å². The summed E-state index contributed by atoms with van der Waals surface area (Å²) in [4.78, 5) is 0. The SMILES string of the molecule is C=CCO[C@H]1C[C@@H](NC[C@@H](O)[C@@H](N)Cc2ccccc2)c2cc(OC)ccc21. The minimum absolute atomic E-state index is 0.00606. The van der Waals surface area contributed by atoms with Gasteiger partial charge in [-0.25, -0.2) is 0 Å². The van der Waals surface area contributed by atoms with E-state index in [-0.39, 0.29) is 18.2 Å². The Morgan fingerprint density at radius 1 is 1.25 bits per heavy atom. The van der Waals surface area contributed by atoms with Crippen molar-refractivity contribution in [3.63, 3.8) is 0 Å². The van der Waals surface area contributed by atoms with Crippen LogP contribution in [0, 0.1) is 0 Å². The molecule has 5 nitrogen and oxygen atoms in total. The van der Waals surface area contributed by atoms with Gasteiger partial charge in [0, 0.05) is 18.6 Å². The minimum Gasteiger partial charge on any atom is -0.497 e. The normalized spacial score (nSPS) is 20.4. The summed E-state index contributed by atoms with van der Waals surface area (Å²) < 4.78 is 11.3. The zero-order chi connectivity index (χ0) is 19.9. The Labute approximate surface area is 167 Å². The number of hydrogen-bond donors (Lipinski definition) is 3. The van der Waals surface area contributed by atoms with Gasteiger partial charge in [-0.15, -0.1) is 6.58 Å². The number of methoxy groups -OCH3 is 1. The molecule has 0 spiro atoms. The van der Waals surface area contributed by atoms with Crippen LogP contribution in [-0.2, 0) is 11.2 Å². The van der Waals surface area contributed by atoms with E-state index in [1.54, 1.807) is 13.2 Å². The van der Waals surface area contributed by atoms with Crippen LogP contribution >= 0.6 is 0 Å². The van der Waals surface area contributed by atoms with Crippen LogP contribution in [0.5, 0.6) is 5.75 Å². The molecule has 0 radical (unpaired) electrons. The molecule has 1 aliphatic carbocycles. The molecular formula is C23H30N2O3. The number of benzene rings is 2. The molecule has 0 heterocycles. The Morgan fingerprint density at radius 3 is 2.75 bits per heavy atom. The maximum atomic E-state index is 10.5. The van der Waals surface area contributed by atoms with Crippen molar-refractivity contribution >= 4 is 0 Å². The Bertz CT molecular complexity index is 766. The van der Waals surface area contributed by atoms with Gasteiger partial charge in [-0.1, -0.05) is 42.5 Å². The van der Waals surface area contributed by atoms with Crippen LogP contribution in [0.3, 0.4) is 0 Å². The quantitative estimate of drug-likeness (QED) is 0.551. The molecule has 1 aliphatic rings. The van der Waals surface area contributed by atoms with Crippen LogP contribution in [0.25, 0.3) is 0 Å².